The molecule has 1 aliphatic rings. The van der Waals surface area contributed by atoms with Gasteiger partial charge in [-0.25, -0.2) is 4.79 Å². The number of rotatable bonds is 5. The molecule has 2 rings (SSSR count). The lowest BCUT2D eigenvalue weighted by Crippen LogP contribution is -2.34. The summed E-state index contributed by atoms with van der Waals surface area (Å²) in [5.74, 6) is -0.794. The van der Waals surface area contributed by atoms with Crippen LogP contribution < -0.4 is 5.32 Å². The van der Waals surface area contributed by atoms with Crippen LogP contribution in [0.25, 0.3) is 0 Å². The van der Waals surface area contributed by atoms with Crippen LogP contribution in [0.1, 0.15) is 49.5 Å². The van der Waals surface area contributed by atoms with Gasteiger partial charge in [0.1, 0.15) is 0 Å². The molecule has 0 unspecified atom stereocenters. The predicted molar refractivity (Wildman–Crippen MR) is 87.4 cm³/mol. The summed E-state index contributed by atoms with van der Waals surface area (Å²) < 4.78 is 10.5. The summed E-state index contributed by atoms with van der Waals surface area (Å²) >= 11 is 0. The number of hydrogen-bond donors (Lipinski definition) is 1. The zero-order valence-electron chi connectivity index (χ0n) is 14.1. The molecule has 0 spiro atoms. The highest BCUT2D eigenvalue weighted by Crippen LogP contribution is 2.22. The number of ether oxygens (including phenoxy) is 2. The van der Waals surface area contributed by atoms with E-state index in [0.717, 1.165) is 25.0 Å². The Morgan fingerprint density at radius 3 is 2.52 bits per heavy atom. The van der Waals surface area contributed by atoms with Gasteiger partial charge in [-0.05, 0) is 36.0 Å². The first-order chi connectivity index (χ1) is 10.9. The quantitative estimate of drug-likeness (QED) is 0.847. The molecule has 1 amide bonds. The molecule has 1 heterocycles. The third-order valence-electron chi connectivity index (χ3n) is 3.87. The van der Waals surface area contributed by atoms with E-state index in [1.165, 1.54) is 0 Å². The Morgan fingerprint density at radius 2 is 1.96 bits per heavy atom. The highest BCUT2D eigenvalue weighted by molar-refractivity contribution is 5.91. The van der Waals surface area contributed by atoms with Crippen LogP contribution in [0.2, 0.25) is 0 Å². The van der Waals surface area contributed by atoms with Crippen LogP contribution in [0.3, 0.4) is 0 Å². The van der Waals surface area contributed by atoms with Gasteiger partial charge in [-0.3, -0.25) is 4.79 Å². The fourth-order valence-electron chi connectivity index (χ4n) is 2.40. The molecule has 23 heavy (non-hydrogen) atoms. The highest BCUT2D eigenvalue weighted by atomic mass is 16.5. The predicted octanol–water partition coefficient (Wildman–Crippen LogP) is 2.44. The molecule has 1 aromatic rings. The van der Waals surface area contributed by atoms with E-state index in [1.54, 1.807) is 12.1 Å². The lowest BCUT2D eigenvalue weighted by Gasteiger charge is -2.18. The molecule has 0 saturated carbocycles. The fraction of sp³-hybridized carbons (Fsp3) is 0.556. The summed E-state index contributed by atoms with van der Waals surface area (Å²) in [5, 5.41) is 2.72. The van der Waals surface area contributed by atoms with E-state index >= 15 is 0 Å². The van der Waals surface area contributed by atoms with Crippen LogP contribution in [-0.2, 0) is 19.7 Å². The van der Waals surface area contributed by atoms with E-state index in [1.807, 2.05) is 12.1 Å². The van der Waals surface area contributed by atoms with Gasteiger partial charge >= 0.3 is 5.97 Å². The molecule has 0 radical (unpaired) electrons. The summed E-state index contributed by atoms with van der Waals surface area (Å²) in [6.07, 6.45) is 2.07. The lowest BCUT2D eigenvalue weighted by atomic mass is 9.87. The minimum atomic E-state index is -0.488. The highest BCUT2D eigenvalue weighted by Gasteiger charge is 2.17. The number of nitrogens with one attached hydrogen (secondary N) is 1. The van der Waals surface area contributed by atoms with Gasteiger partial charge in [0.2, 0.25) is 0 Å². The Kier molecular flexibility index (Phi) is 5.77. The van der Waals surface area contributed by atoms with Gasteiger partial charge in [0, 0.05) is 13.2 Å². The van der Waals surface area contributed by atoms with Crippen molar-refractivity contribution in [1.82, 2.24) is 5.32 Å². The topological polar surface area (TPSA) is 64.6 Å². The van der Waals surface area contributed by atoms with Gasteiger partial charge in [0.15, 0.2) is 6.61 Å². The molecule has 1 aromatic carbocycles. The minimum absolute atomic E-state index is 0.0324. The van der Waals surface area contributed by atoms with Crippen LogP contribution in [0.15, 0.2) is 24.3 Å². The molecule has 1 saturated heterocycles. The molecule has 5 nitrogen and oxygen atoms in total. The third-order valence-corrected chi connectivity index (χ3v) is 3.87. The second-order valence-corrected chi connectivity index (χ2v) is 6.84. The number of carbonyl (C=O) groups is 2. The van der Waals surface area contributed by atoms with Gasteiger partial charge in [0.05, 0.1) is 11.7 Å². The average molecular weight is 319 g/mol. The SMILES string of the molecule is CC(C)(C)c1ccc(C(=O)OCC(=O)NC[C@@H]2CCCO2)cc1. The second kappa shape index (κ2) is 7.59. The van der Waals surface area contributed by atoms with Crippen molar-refractivity contribution in [2.45, 2.75) is 45.1 Å². The summed E-state index contributed by atoms with van der Waals surface area (Å²) in [7, 11) is 0. The van der Waals surface area contributed by atoms with Crippen molar-refractivity contribution >= 4 is 11.9 Å². The largest absolute Gasteiger partial charge is 0.452 e. The maximum absolute atomic E-state index is 11.9. The number of esters is 1. The van der Waals surface area contributed by atoms with Crippen molar-refractivity contribution < 1.29 is 19.1 Å². The van der Waals surface area contributed by atoms with Crippen LogP contribution in [0.4, 0.5) is 0 Å². The smallest absolute Gasteiger partial charge is 0.338 e. The van der Waals surface area contributed by atoms with E-state index in [0.29, 0.717) is 12.1 Å². The molecule has 126 valence electrons. The first kappa shape index (κ1) is 17.5. The van der Waals surface area contributed by atoms with Crippen LogP contribution >= 0.6 is 0 Å². The van der Waals surface area contributed by atoms with Crippen molar-refractivity contribution in [2.75, 3.05) is 19.8 Å². The minimum Gasteiger partial charge on any atom is -0.452 e. The third kappa shape index (κ3) is 5.36. The molecule has 1 fully saturated rings. The van der Waals surface area contributed by atoms with Gasteiger partial charge < -0.3 is 14.8 Å². The number of amides is 1. The number of carbonyl (C=O) groups excluding carboxylic acids is 2. The first-order valence-corrected chi connectivity index (χ1v) is 8.02. The molecule has 5 heteroatoms. The maximum atomic E-state index is 11.9. The van der Waals surface area contributed by atoms with E-state index in [2.05, 4.69) is 26.1 Å². The zero-order valence-corrected chi connectivity index (χ0v) is 14.1. The van der Waals surface area contributed by atoms with E-state index in [9.17, 15) is 9.59 Å². The van der Waals surface area contributed by atoms with Crippen molar-refractivity contribution in [3.8, 4) is 0 Å². The van der Waals surface area contributed by atoms with Crippen LogP contribution in [-0.4, -0.2) is 37.7 Å². The Balaban J connectivity index is 1.76. The van der Waals surface area contributed by atoms with Crippen LogP contribution in [0, 0.1) is 0 Å². The summed E-state index contributed by atoms with van der Waals surface area (Å²) in [4.78, 5) is 23.6. The molecule has 1 atom stereocenters. The van der Waals surface area contributed by atoms with Gasteiger partial charge in [-0.1, -0.05) is 32.9 Å². The Labute approximate surface area is 137 Å². The van der Waals surface area contributed by atoms with Crippen molar-refractivity contribution in [3.63, 3.8) is 0 Å². The van der Waals surface area contributed by atoms with E-state index in [4.69, 9.17) is 9.47 Å². The summed E-state index contributed by atoms with van der Waals surface area (Å²) in [6, 6.07) is 7.28. The molecule has 1 N–H and O–H groups in total. The molecule has 0 bridgehead atoms. The lowest BCUT2D eigenvalue weighted by molar-refractivity contribution is -0.124. The molecule has 0 aliphatic carbocycles. The van der Waals surface area contributed by atoms with Gasteiger partial charge in [-0.2, -0.15) is 0 Å². The monoisotopic (exact) mass is 319 g/mol. The second-order valence-electron chi connectivity index (χ2n) is 6.84. The normalized spacial score (nSPS) is 17.8. The number of hydrogen-bond acceptors (Lipinski definition) is 4. The Hall–Kier alpha value is -1.88. The Morgan fingerprint density at radius 1 is 1.26 bits per heavy atom. The van der Waals surface area contributed by atoms with E-state index < -0.39 is 5.97 Å². The molecular weight excluding hydrogens is 294 g/mol. The molecular formula is C18H25NO4. The Bertz CT molecular complexity index is 539. The van der Waals surface area contributed by atoms with Crippen molar-refractivity contribution in [2.24, 2.45) is 0 Å². The molecule has 0 aromatic heterocycles. The van der Waals surface area contributed by atoms with Gasteiger partial charge in [-0.15, -0.1) is 0 Å². The first-order valence-electron chi connectivity index (χ1n) is 8.02. The molecule has 1 aliphatic heterocycles. The van der Waals surface area contributed by atoms with Crippen LogP contribution in [0.5, 0.6) is 0 Å². The van der Waals surface area contributed by atoms with E-state index in [-0.39, 0.29) is 24.0 Å². The zero-order chi connectivity index (χ0) is 16.9. The maximum Gasteiger partial charge on any atom is 0.338 e. The van der Waals surface area contributed by atoms with Crippen molar-refractivity contribution in [1.29, 1.82) is 0 Å². The van der Waals surface area contributed by atoms with Gasteiger partial charge in [0.25, 0.3) is 5.91 Å². The standard InChI is InChI=1S/C18H25NO4/c1-18(2,3)14-8-6-13(7-9-14)17(21)23-12-16(20)19-11-15-5-4-10-22-15/h6-9,15H,4-5,10-12H2,1-3H3,(H,19,20)/t15-/m0/s1. The average Bonchev–Trinajstić information content (AvgIpc) is 3.03. The fourth-order valence-corrected chi connectivity index (χ4v) is 2.40. The number of benzene rings is 1. The summed E-state index contributed by atoms with van der Waals surface area (Å²) in [6.45, 7) is 7.28. The van der Waals surface area contributed by atoms with Crippen molar-refractivity contribution in [3.05, 3.63) is 35.4 Å². The summed E-state index contributed by atoms with van der Waals surface area (Å²) in [5.41, 5.74) is 1.62.